The van der Waals surface area contributed by atoms with E-state index in [1.165, 1.54) is 47.7 Å². The van der Waals surface area contributed by atoms with Crippen LogP contribution in [0.1, 0.15) is 27.7 Å². The molecule has 1 saturated heterocycles. The molecule has 0 amide bonds. The van der Waals surface area contributed by atoms with Crippen LogP contribution >= 0.6 is 11.3 Å². The summed E-state index contributed by atoms with van der Waals surface area (Å²) in [6.45, 7) is 8.40. The second-order valence-electron chi connectivity index (χ2n) is 10.5. The van der Waals surface area contributed by atoms with Gasteiger partial charge in [0.2, 0.25) is 0 Å². The first-order valence-electron chi connectivity index (χ1n) is 12.1. The maximum absolute atomic E-state index is 6.35. The Bertz CT molecular complexity index is 1760. The average Bonchev–Trinajstić information content (AvgIpc) is 3.44. The lowest BCUT2D eigenvalue weighted by Gasteiger charge is -2.32. The van der Waals surface area contributed by atoms with Crippen LogP contribution in [0.2, 0.25) is 0 Å². The van der Waals surface area contributed by atoms with Crippen molar-refractivity contribution in [1.29, 1.82) is 0 Å². The van der Waals surface area contributed by atoms with Crippen LogP contribution in [0.5, 0.6) is 0 Å². The Morgan fingerprint density at radius 1 is 0.629 bits per heavy atom. The van der Waals surface area contributed by atoms with Gasteiger partial charge in [0.15, 0.2) is 0 Å². The fraction of sp³-hybridized carbons (Fsp3) is 0.200. The van der Waals surface area contributed by atoms with Crippen molar-refractivity contribution >= 4 is 65.9 Å². The summed E-state index contributed by atoms with van der Waals surface area (Å²) in [5.41, 5.74) is 3.90. The summed E-state index contributed by atoms with van der Waals surface area (Å²) in [4.78, 5) is 0. The van der Waals surface area contributed by atoms with E-state index in [0.717, 1.165) is 5.46 Å². The summed E-state index contributed by atoms with van der Waals surface area (Å²) < 4.78 is 17.7. The number of para-hydroxylation sites is 1. The smallest absolute Gasteiger partial charge is 0.399 e. The van der Waals surface area contributed by atoms with Crippen LogP contribution in [0, 0.1) is 0 Å². The maximum atomic E-state index is 6.35. The van der Waals surface area contributed by atoms with E-state index in [-0.39, 0.29) is 18.3 Å². The van der Waals surface area contributed by atoms with E-state index in [2.05, 4.69) is 117 Å². The predicted molar refractivity (Wildman–Crippen MR) is 149 cm³/mol. The zero-order valence-electron chi connectivity index (χ0n) is 20.3. The lowest BCUT2D eigenvalue weighted by molar-refractivity contribution is 0.00578. The first-order valence-corrected chi connectivity index (χ1v) is 12.9. The van der Waals surface area contributed by atoms with E-state index in [0.29, 0.717) is 0 Å². The number of hydrogen-bond acceptors (Lipinski definition) is 3. The molecule has 3 heterocycles. The summed E-state index contributed by atoms with van der Waals surface area (Å²) in [7, 11) is -0.374. The molecule has 0 radical (unpaired) electrons. The Morgan fingerprint density at radius 3 is 2.09 bits per heavy atom. The number of rotatable bonds is 2. The fourth-order valence-electron chi connectivity index (χ4n) is 5.25. The van der Waals surface area contributed by atoms with E-state index in [9.17, 15) is 0 Å². The Hall–Kier alpha value is -3.12. The minimum absolute atomic E-state index is 0.361. The normalized spacial score (nSPS) is 17.3. The second kappa shape index (κ2) is 7.20. The molecule has 0 N–H and O–H groups in total. The third kappa shape index (κ3) is 3.05. The highest BCUT2D eigenvalue weighted by atomic mass is 32.1. The van der Waals surface area contributed by atoms with Gasteiger partial charge in [0.05, 0.1) is 22.2 Å². The molecule has 35 heavy (non-hydrogen) atoms. The number of nitrogens with zero attached hydrogens (tertiary/aromatic N) is 1. The molecule has 0 bridgehead atoms. The monoisotopic (exact) mass is 475 g/mol. The van der Waals surface area contributed by atoms with Crippen LogP contribution in [-0.4, -0.2) is 22.9 Å². The molecule has 3 nitrogen and oxygen atoms in total. The molecule has 0 unspecified atom stereocenters. The van der Waals surface area contributed by atoms with Crippen molar-refractivity contribution in [1.82, 2.24) is 4.57 Å². The van der Waals surface area contributed by atoms with Crippen molar-refractivity contribution in [2.24, 2.45) is 0 Å². The summed E-state index contributed by atoms with van der Waals surface area (Å²) in [6.07, 6.45) is 0. The molecule has 4 aromatic carbocycles. The van der Waals surface area contributed by atoms with E-state index in [1.54, 1.807) is 0 Å². The first kappa shape index (κ1) is 21.2. The number of aromatic nitrogens is 1. The minimum atomic E-state index is -0.374. The van der Waals surface area contributed by atoms with Crippen molar-refractivity contribution in [3.63, 3.8) is 0 Å². The molecular formula is C30H26BNO2S. The fourth-order valence-corrected chi connectivity index (χ4v) is 6.39. The van der Waals surface area contributed by atoms with Gasteiger partial charge in [0.25, 0.3) is 0 Å². The van der Waals surface area contributed by atoms with Crippen LogP contribution in [0.3, 0.4) is 0 Å². The van der Waals surface area contributed by atoms with Gasteiger partial charge in [-0.05, 0) is 63.5 Å². The van der Waals surface area contributed by atoms with E-state index in [4.69, 9.17) is 9.31 Å². The molecule has 1 aliphatic rings. The molecule has 1 fully saturated rings. The zero-order chi connectivity index (χ0) is 23.9. The Balaban J connectivity index is 1.42. The van der Waals surface area contributed by atoms with Gasteiger partial charge in [-0.1, -0.05) is 54.6 Å². The van der Waals surface area contributed by atoms with Gasteiger partial charge in [0, 0.05) is 36.6 Å². The topological polar surface area (TPSA) is 23.4 Å². The van der Waals surface area contributed by atoms with Gasteiger partial charge >= 0.3 is 7.12 Å². The lowest BCUT2D eigenvalue weighted by atomic mass is 9.78. The molecule has 7 rings (SSSR count). The molecular weight excluding hydrogens is 449 g/mol. The van der Waals surface area contributed by atoms with E-state index >= 15 is 0 Å². The van der Waals surface area contributed by atoms with Crippen LogP contribution < -0.4 is 5.46 Å². The first-order chi connectivity index (χ1) is 16.8. The summed E-state index contributed by atoms with van der Waals surface area (Å²) in [6, 6.07) is 30.7. The van der Waals surface area contributed by atoms with Crippen molar-refractivity contribution in [3.05, 3.63) is 84.9 Å². The molecule has 172 valence electrons. The summed E-state index contributed by atoms with van der Waals surface area (Å²) in [5, 5.41) is 5.09. The van der Waals surface area contributed by atoms with Crippen molar-refractivity contribution < 1.29 is 9.31 Å². The molecule has 5 heteroatoms. The highest BCUT2D eigenvalue weighted by molar-refractivity contribution is 7.25. The average molecular weight is 475 g/mol. The molecule has 0 spiro atoms. The quantitative estimate of drug-likeness (QED) is 0.243. The zero-order valence-corrected chi connectivity index (χ0v) is 21.1. The van der Waals surface area contributed by atoms with Crippen molar-refractivity contribution in [3.8, 4) is 5.69 Å². The lowest BCUT2D eigenvalue weighted by Crippen LogP contribution is -2.41. The van der Waals surface area contributed by atoms with Gasteiger partial charge in [-0.25, -0.2) is 0 Å². The molecule has 2 aromatic heterocycles. The SMILES string of the molecule is CC1(C)OB(c2ccc3c(c2)c2ccccc2n3-c2ccc3c(c2)sc2ccccc23)OC1(C)C. The minimum Gasteiger partial charge on any atom is -0.399 e. The highest BCUT2D eigenvalue weighted by Crippen LogP contribution is 2.39. The van der Waals surface area contributed by atoms with Gasteiger partial charge in [-0.2, -0.15) is 0 Å². The molecule has 1 aliphatic heterocycles. The maximum Gasteiger partial charge on any atom is 0.494 e. The van der Waals surface area contributed by atoms with Gasteiger partial charge in [0.1, 0.15) is 0 Å². The molecule has 0 atom stereocenters. The third-order valence-electron chi connectivity index (χ3n) is 7.84. The molecule has 6 aromatic rings. The standard InChI is InChI=1S/C30H26BNO2S/c1-29(2)30(3,4)34-31(33-29)19-13-16-26-24(17-19)21-9-5-7-11-25(21)32(26)20-14-15-23-22-10-6-8-12-27(22)35-28(23)18-20/h5-18H,1-4H3. The number of benzene rings is 4. The van der Waals surface area contributed by atoms with Crippen molar-refractivity contribution in [2.45, 2.75) is 38.9 Å². The van der Waals surface area contributed by atoms with Crippen LogP contribution in [0.15, 0.2) is 84.9 Å². The third-order valence-corrected chi connectivity index (χ3v) is 8.98. The highest BCUT2D eigenvalue weighted by Gasteiger charge is 2.51. The molecule has 0 saturated carbocycles. The second-order valence-corrected chi connectivity index (χ2v) is 11.6. The summed E-state index contributed by atoms with van der Waals surface area (Å²) >= 11 is 1.86. The van der Waals surface area contributed by atoms with Crippen LogP contribution in [0.25, 0.3) is 47.7 Å². The number of thiophene rings is 1. The van der Waals surface area contributed by atoms with Gasteiger partial charge in [-0.3, -0.25) is 0 Å². The van der Waals surface area contributed by atoms with E-state index < -0.39 is 0 Å². The number of fused-ring (bicyclic) bond motifs is 6. The summed E-state index contributed by atoms with van der Waals surface area (Å²) in [5.74, 6) is 0. The van der Waals surface area contributed by atoms with Crippen LogP contribution in [0.4, 0.5) is 0 Å². The largest absolute Gasteiger partial charge is 0.494 e. The molecule has 0 aliphatic carbocycles. The Labute approximate surface area is 209 Å². The number of hydrogen-bond donors (Lipinski definition) is 0. The van der Waals surface area contributed by atoms with Crippen molar-refractivity contribution in [2.75, 3.05) is 0 Å². The Kier molecular flexibility index (Phi) is 4.36. The van der Waals surface area contributed by atoms with Gasteiger partial charge < -0.3 is 13.9 Å². The Morgan fingerprint density at radius 2 is 1.29 bits per heavy atom. The van der Waals surface area contributed by atoms with E-state index in [1.807, 2.05) is 11.3 Å². The van der Waals surface area contributed by atoms with Gasteiger partial charge in [-0.15, -0.1) is 11.3 Å². The van der Waals surface area contributed by atoms with Crippen LogP contribution in [-0.2, 0) is 9.31 Å². The predicted octanol–water partition coefficient (Wildman–Crippen LogP) is 7.45.